The molecule has 0 amide bonds. The molecule has 11 rings (SSSR count). The molecule has 1 aliphatic rings. The van der Waals surface area contributed by atoms with E-state index in [0.717, 1.165) is 61.6 Å². The van der Waals surface area contributed by atoms with Crippen LogP contribution in [0, 0.1) is 0 Å². The molecule has 4 heteroatoms. The number of hydrogen-bond acceptors (Lipinski definition) is 4. The highest BCUT2D eigenvalue weighted by Crippen LogP contribution is 2.47. The summed E-state index contributed by atoms with van der Waals surface area (Å²) in [6, 6.07) is 71.0. The van der Waals surface area contributed by atoms with Crippen molar-refractivity contribution in [1.82, 2.24) is 0 Å². The first-order valence-corrected chi connectivity index (χ1v) is 19.6. The number of thiophene rings is 1. The van der Waals surface area contributed by atoms with Gasteiger partial charge in [-0.25, -0.2) is 0 Å². The third-order valence-electron chi connectivity index (χ3n) is 10.7. The molecular formula is C52H33NO2S. The first-order valence-electron chi connectivity index (χ1n) is 18.8. The van der Waals surface area contributed by atoms with Crippen molar-refractivity contribution in [2.24, 2.45) is 0 Å². The molecule has 0 unspecified atom stereocenters. The summed E-state index contributed by atoms with van der Waals surface area (Å²) in [7, 11) is 0. The van der Waals surface area contributed by atoms with Gasteiger partial charge in [0.25, 0.3) is 0 Å². The zero-order chi connectivity index (χ0) is 37.0. The Labute approximate surface area is 328 Å². The van der Waals surface area contributed by atoms with Crippen LogP contribution >= 0.6 is 11.3 Å². The van der Waals surface area contributed by atoms with E-state index < -0.39 is 0 Å². The molecule has 56 heavy (non-hydrogen) atoms. The molecule has 0 saturated carbocycles. The van der Waals surface area contributed by atoms with Gasteiger partial charge in [0.05, 0.1) is 5.39 Å². The highest BCUT2D eigenvalue weighted by molar-refractivity contribution is 7.25. The summed E-state index contributed by atoms with van der Waals surface area (Å²) < 4.78 is 15.5. The number of benzene rings is 9. The highest BCUT2D eigenvalue weighted by atomic mass is 32.1. The molecule has 0 bridgehead atoms. The molecule has 264 valence electrons. The van der Waals surface area contributed by atoms with Gasteiger partial charge >= 0.3 is 0 Å². The van der Waals surface area contributed by atoms with E-state index in [1.54, 1.807) is 0 Å². The maximum absolute atomic E-state index is 6.52. The van der Waals surface area contributed by atoms with Crippen molar-refractivity contribution in [3.63, 3.8) is 0 Å². The number of ether oxygens (including phenoxy) is 2. The van der Waals surface area contributed by atoms with Gasteiger partial charge in [-0.3, -0.25) is 0 Å². The molecular weight excluding hydrogens is 703 g/mol. The van der Waals surface area contributed by atoms with Crippen molar-refractivity contribution < 1.29 is 9.47 Å². The van der Waals surface area contributed by atoms with Crippen LogP contribution in [0.25, 0.3) is 64.3 Å². The average molecular weight is 736 g/mol. The predicted molar refractivity (Wildman–Crippen MR) is 234 cm³/mol. The van der Waals surface area contributed by atoms with Gasteiger partial charge in [-0.1, -0.05) is 127 Å². The van der Waals surface area contributed by atoms with E-state index in [4.69, 9.17) is 9.47 Å². The molecule has 1 aromatic heterocycles. The number of fused-ring (bicyclic) bond motifs is 4. The van der Waals surface area contributed by atoms with Gasteiger partial charge < -0.3 is 14.4 Å². The zero-order valence-electron chi connectivity index (χ0n) is 30.2. The van der Waals surface area contributed by atoms with Crippen molar-refractivity contribution in [2.75, 3.05) is 4.90 Å². The first kappa shape index (κ1) is 32.3. The summed E-state index contributed by atoms with van der Waals surface area (Å²) >= 11 is 1.84. The van der Waals surface area contributed by atoms with Crippen molar-refractivity contribution in [2.45, 2.75) is 0 Å². The van der Waals surface area contributed by atoms with Crippen LogP contribution in [0.3, 0.4) is 0 Å². The standard InChI is InChI=1S/C52H33NO2S/c1-2-10-34(11-3-1)35-22-25-41(26-23-35)53(43-27-28-45-44-18-4-5-21-50(44)56-51(45)33-43)42-17-7-16-39(31-42)37-14-6-15-38(30-37)40-24-29-46-49(32-40)55-48-20-9-13-36-12-8-19-47(54-46)52(36)48/h1-33H. The Hall–Kier alpha value is -7.14. The molecule has 0 radical (unpaired) electrons. The molecule has 10 aromatic rings. The van der Waals surface area contributed by atoms with Gasteiger partial charge in [0, 0.05) is 37.2 Å². The third-order valence-corrected chi connectivity index (χ3v) is 11.8. The molecule has 0 aliphatic carbocycles. The second kappa shape index (κ2) is 13.3. The van der Waals surface area contributed by atoms with E-state index in [1.165, 1.54) is 31.3 Å². The lowest BCUT2D eigenvalue weighted by atomic mass is 9.98. The van der Waals surface area contributed by atoms with E-state index in [9.17, 15) is 0 Å². The SMILES string of the molecule is c1ccc(-c2ccc(N(c3cccc(-c4cccc(-c5ccc6c(c5)Oc5cccc7cccc(c57)O6)c4)c3)c3ccc4c(c3)sc3ccccc34)cc2)cc1. The van der Waals surface area contributed by atoms with Gasteiger partial charge in [0.1, 0.15) is 11.5 Å². The van der Waals surface area contributed by atoms with Crippen molar-refractivity contribution in [1.29, 1.82) is 0 Å². The van der Waals surface area contributed by atoms with Gasteiger partial charge in [-0.15, -0.1) is 11.3 Å². The normalized spacial score (nSPS) is 11.9. The van der Waals surface area contributed by atoms with Crippen LogP contribution in [-0.4, -0.2) is 0 Å². The van der Waals surface area contributed by atoms with Crippen LogP contribution in [-0.2, 0) is 0 Å². The summed E-state index contributed by atoms with van der Waals surface area (Å²) in [6.45, 7) is 0. The molecule has 2 heterocycles. The van der Waals surface area contributed by atoms with Crippen molar-refractivity contribution in [3.05, 3.63) is 200 Å². The second-order valence-electron chi connectivity index (χ2n) is 14.1. The van der Waals surface area contributed by atoms with E-state index >= 15 is 0 Å². The number of anilines is 3. The molecule has 3 nitrogen and oxygen atoms in total. The van der Waals surface area contributed by atoms with Crippen LogP contribution in [0.2, 0.25) is 0 Å². The second-order valence-corrected chi connectivity index (χ2v) is 15.2. The molecule has 1 aliphatic heterocycles. The quantitative estimate of drug-likeness (QED) is 0.170. The molecule has 9 aromatic carbocycles. The zero-order valence-corrected chi connectivity index (χ0v) is 31.0. The van der Waals surface area contributed by atoms with Crippen molar-refractivity contribution in [3.8, 4) is 56.4 Å². The minimum atomic E-state index is 0.697. The molecule has 0 saturated heterocycles. The Bertz CT molecular complexity index is 3090. The summed E-state index contributed by atoms with van der Waals surface area (Å²) in [4.78, 5) is 2.37. The van der Waals surface area contributed by atoms with Crippen LogP contribution in [0.15, 0.2) is 200 Å². The van der Waals surface area contributed by atoms with E-state index in [-0.39, 0.29) is 0 Å². The maximum atomic E-state index is 6.52. The molecule has 0 atom stereocenters. The lowest BCUT2D eigenvalue weighted by Crippen LogP contribution is -2.09. The van der Waals surface area contributed by atoms with Crippen LogP contribution in [0.4, 0.5) is 17.1 Å². The molecule has 0 N–H and O–H groups in total. The lowest BCUT2D eigenvalue weighted by molar-refractivity contribution is 0.439. The smallest absolute Gasteiger partial charge is 0.170 e. The largest absolute Gasteiger partial charge is 0.453 e. The van der Waals surface area contributed by atoms with E-state index in [2.05, 4.69) is 175 Å². The minimum absolute atomic E-state index is 0.697. The fourth-order valence-corrected chi connectivity index (χ4v) is 9.11. The summed E-state index contributed by atoms with van der Waals surface area (Å²) in [6.07, 6.45) is 0. The van der Waals surface area contributed by atoms with E-state index in [0.29, 0.717) is 11.5 Å². The highest BCUT2D eigenvalue weighted by Gasteiger charge is 2.20. The van der Waals surface area contributed by atoms with Crippen LogP contribution in [0.1, 0.15) is 0 Å². The fourth-order valence-electron chi connectivity index (χ4n) is 7.97. The molecule has 0 fully saturated rings. The van der Waals surface area contributed by atoms with E-state index in [1.807, 2.05) is 41.7 Å². The Morgan fingerprint density at radius 1 is 0.321 bits per heavy atom. The Kier molecular flexibility index (Phi) is 7.68. The maximum Gasteiger partial charge on any atom is 0.170 e. The predicted octanol–water partition coefficient (Wildman–Crippen LogP) is 15.6. The monoisotopic (exact) mass is 735 g/mol. The number of nitrogens with zero attached hydrogens (tertiary/aromatic N) is 1. The lowest BCUT2D eigenvalue weighted by Gasteiger charge is -2.26. The summed E-state index contributed by atoms with van der Waals surface area (Å²) in [5.74, 6) is 3.00. The number of rotatable bonds is 6. The van der Waals surface area contributed by atoms with Crippen molar-refractivity contribution >= 4 is 59.3 Å². The van der Waals surface area contributed by atoms with Gasteiger partial charge in [-0.2, -0.15) is 0 Å². The van der Waals surface area contributed by atoms with Gasteiger partial charge in [-0.05, 0) is 112 Å². The fraction of sp³-hybridized carbons (Fsp3) is 0. The minimum Gasteiger partial charge on any atom is -0.453 e. The molecule has 0 spiro atoms. The Morgan fingerprint density at radius 2 is 0.893 bits per heavy atom. The van der Waals surface area contributed by atoms with Crippen LogP contribution in [0.5, 0.6) is 23.0 Å². The average Bonchev–Trinajstić information content (AvgIpc) is 3.54. The third kappa shape index (κ3) is 5.67. The topological polar surface area (TPSA) is 21.7 Å². The van der Waals surface area contributed by atoms with Gasteiger partial charge in [0.15, 0.2) is 11.5 Å². The van der Waals surface area contributed by atoms with Crippen LogP contribution < -0.4 is 14.4 Å². The Morgan fingerprint density at radius 3 is 1.70 bits per heavy atom. The number of hydrogen-bond donors (Lipinski definition) is 0. The van der Waals surface area contributed by atoms with Gasteiger partial charge in [0.2, 0.25) is 0 Å². The Balaban J connectivity index is 0.975. The summed E-state index contributed by atoms with van der Waals surface area (Å²) in [5, 5.41) is 4.66. The summed E-state index contributed by atoms with van der Waals surface area (Å²) in [5.41, 5.74) is 10.1. The first-order chi connectivity index (χ1) is 27.7.